The van der Waals surface area contributed by atoms with Gasteiger partial charge in [0.15, 0.2) is 11.6 Å². The van der Waals surface area contributed by atoms with E-state index in [4.69, 9.17) is 4.74 Å². The van der Waals surface area contributed by atoms with Gasteiger partial charge in [-0.1, -0.05) is 43.6 Å². The lowest BCUT2D eigenvalue weighted by atomic mass is 9.73. The summed E-state index contributed by atoms with van der Waals surface area (Å²) in [6.45, 7) is 4.04. The van der Waals surface area contributed by atoms with Crippen LogP contribution in [0.15, 0.2) is 36.1 Å². The van der Waals surface area contributed by atoms with E-state index in [2.05, 4.69) is 13.0 Å². The van der Waals surface area contributed by atoms with E-state index >= 15 is 0 Å². The molecule has 2 aliphatic rings. The van der Waals surface area contributed by atoms with E-state index < -0.39 is 11.6 Å². The highest BCUT2D eigenvalue weighted by molar-refractivity contribution is 5.34. The summed E-state index contributed by atoms with van der Waals surface area (Å²) in [7, 11) is 0. The average molecular weight is 375 g/mol. The van der Waals surface area contributed by atoms with Gasteiger partial charge in [-0.05, 0) is 81.3 Å². The van der Waals surface area contributed by atoms with Crippen LogP contribution in [0.5, 0.6) is 5.75 Å². The fraction of sp³-hybridized carbons (Fsp3) is 0.583. The molecule has 1 atom stereocenters. The molecule has 2 aliphatic carbocycles. The average Bonchev–Trinajstić information content (AvgIpc) is 2.70. The fourth-order valence-electron chi connectivity index (χ4n) is 4.83. The summed E-state index contributed by atoms with van der Waals surface area (Å²) in [5, 5.41) is 0. The highest BCUT2D eigenvalue weighted by atomic mass is 19.2. The molecule has 0 N–H and O–H groups in total. The molecular formula is C24H32F2O. The Morgan fingerprint density at radius 3 is 2.44 bits per heavy atom. The van der Waals surface area contributed by atoms with E-state index in [0.29, 0.717) is 5.56 Å². The van der Waals surface area contributed by atoms with Crippen molar-refractivity contribution in [2.75, 3.05) is 0 Å². The van der Waals surface area contributed by atoms with Crippen molar-refractivity contribution in [1.29, 1.82) is 0 Å². The maximum absolute atomic E-state index is 14.5. The van der Waals surface area contributed by atoms with E-state index in [0.717, 1.165) is 31.1 Å². The van der Waals surface area contributed by atoms with Gasteiger partial charge in [0.25, 0.3) is 0 Å². The van der Waals surface area contributed by atoms with Crippen LogP contribution < -0.4 is 4.74 Å². The van der Waals surface area contributed by atoms with Crippen molar-refractivity contribution in [3.8, 4) is 5.75 Å². The normalized spacial score (nSPS) is 26.2. The number of halogens is 2. The zero-order valence-corrected chi connectivity index (χ0v) is 16.6. The van der Waals surface area contributed by atoms with E-state index in [-0.39, 0.29) is 11.7 Å². The summed E-state index contributed by atoms with van der Waals surface area (Å²) in [4.78, 5) is 0. The van der Waals surface area contributed by atoms with Gasteiger partial charge in [-0.2, -0.15) is 4.39 Å². The van der Waals surface area contributed by atoms with Crippen LogP contribution in [0.3, 0.4) is 0 Å². The summed E-state index contributed by atoms with van der Waals surface area (Å²) in [5.74, 6) is 0.0232. The minimum atomic E-state index is -0.880. The van der Waals surface area contributed by atoms with Crippen LogP contribution in [0.1, 0.15) is 83.1 Å². The Labute approximate surface area is 162 Å². The van der Waals surface area contributed by atoms with Crippen LogP contribution in [0.25, 0.3) is 0 Å². The molecule has 1 unspecified atom stereocenters. The summed E-state index contributed by atoms with van der Waals surface area (Å²) in [5.41, 5.74) is 2.05. The highest BCUT2D eigenvalue weighted by Crippen LogP contribution is 2.42. The van der Waals surface area contributed by atoms with Gasteiger partial charge in [-0.25, -0.2) is 4.39 Å². The molecule has 1 nitrogen and oxygen atoms in total. The molecule has 3 heteroatoms. The van der Waals surface area contributed by atoms with E-state index in [1.165, 1.54) is 44.8 Å². The molecule has 0 saturated heterocycles. The van der Waals surface area contributed by atoms with Crippen LogP contribution >= 0.6 is 0 Å². The lowest BCUT2D eigenvalue weighted by Gasteiger charge is -2.33. The fourth-order valence-corrected chi connectivity index (χ4v) is 4.83. The van der Waals surface area contributed by atoms with Crippen LogP contribution in [0.4, 0.5) is 8.78 Å². The van der Waals surface area contributed by atoms with Gasteiger partial charge in [0, 0.05) is 0 Å². The molecule has 0 bridgehead atoms. The third-order valence-corrected chi connectivity index (χ3v) is 6.36. The molecule has 1 fully saturated rings. The molecule has 0 spiro atoms. The quantitative estimate of drug-likeness (QED) is 0.366. The number of rotatable bonds is 6. The van der Waals surface area contributed by atoms with Gasteiger partial charge in [0.05, 0.1) is 6.26 Å². The SMILES string of the molecule is CC=COc1ccc(C2CC=C(C3CCC(CCC)CC3)CC2)c(F)c1F. The van der Waals surface area contributed by atoms with E-state index in [1.807, 2.05) is 0 Å². The zero-order valence-electron chi connectivity index (χ0n) is 16.6. The highest BCUT2D eigenvalue weighted by Gasteiger charge is 2.28. The smallest absolute Gasteiger partial charge is 0.201 e. The molecule has 27 heavy (non-hydrogen) atoms. The van der Waals surface area contributed by atoms with Gasteiger partial charge in [0.2, 0.25) is 5.82 Å². The van der Waals surface area contributed by atoms with Crippen molar-refractivity contribution < 1.29 is 13.5 Å². The largest absolute Gasteiger partial charge is 0.462 e. The molecule has 1 aromatic carbocycles. The Hall–Kier alpha value is -1.64. The topological polar surface area (TPSA) is 9.23 Å². The second-order valence-electron chi connectivity index (χ2n) is 8.12. The maximum atomic E-state index is 14.5. The van der Waals surface area contributed by atoms with E-state index in [9.17, 15) is 8.78 Å². The Balaban J connectivity index is 1.62. The van der Waals surface area contributed by atoms with Crippen molar-refractivity contribution >= 4 is 0 Å². The van der Waals surface area contributed by atoms with Crippen LogP contribution in [-0.4, -0.2) is 0 Å². The standard InChI is InChI=1S/C24H32F2O/c1-3-5-17-6-8-18(9-7-17)19-10-12-20(13-11-19)21-14-15-22(27-16-4-2)24(26)23(21)25/h4,10,14-18,20H,3,5-9,11-13H2,1-2H3. The molecule has 0 amide bonds. The molecule has 0 heterocycles. The minimum Gasteiger partial charge on any atom is -0.462 e. The lowest BCUT2D eigenvalue weighted by molar-refractivity contribution is 0.279. The first-order valence-electron chi connectivity index (χ1n) is 10.6. The molecule has 1 aromatic rings. The van der Waals surface area contributed by atoms with Crippen molar-refractivity contribution in [3.05, 3.63) is 53.3 Å². The van der Waals surface area contributed by atoms with Crippen LogP contribution in [0.2, 0.25) is 0 Å². The number of hydrogen-bond donors (Lipinski definition) is 0. The van der Waals surface area contributed by atoms with Crippen LogP contribution in [0, 0.1) is 23.5 Å². The molecule has 0 aromatic heterocycles. The summed E-state index contributed by atoms with van der Waals surface area (Å²) >= 11 is 0. The Kier molecular flexibility index (Phi) is 7.09. The number of allylic oxidation sites excluding steroid dienone is 3. The van der Waals surface area contributed by atoms with Gasteiger partial charge < -0.3 is 4.74 Å². The first-order valence-corrected chi connectivity index (χ1v) is 10.6. The van der Waals surface area contributed by atoms with E-state index in [1.54, 1.807) is 30.7 Å². The molecular weight excluding hydrogens is 342 g/mol. The lowest BCUT2D eigenvalue weighted by Crippen LogP contribution is -2.18. The Morgan fingerprint density at radius 2 is 1.81 bits per heavy atom. The van der Waals surface area contributed by atoms with Gasteiger partial charge in [-0.15, -0.1) is 0 Å². The Bertz CT molecular complexity index is 684. The summed E-state index contributed by atoms with van der Waals surface area (Å²) in [6.07, 6.45) is 16.1. The Morgan fingerprint density at radius 1 is 1.04 bits per heavy atom. The third kappa shape index (κ3) is 4.80. The zero-order chi connectivity index (χ0) is 19.2. The molecule has 0 radical (unpaired) electrons. The van der Waals surface area contributed by atoms with Gasteiger partial charge in [-0.3, -0.25) is 0 Å². The summed E-state index contributed by atoms with van der Waals surface area (Å²) < 4.78 is 33.9. The second kappa shape index (κ2) is 9.52. The predicted molar refractivity (Wildman–Crippen MR) is 107 cm³/mol. The summed E-state index contributed by atoms with van der Waals surface area (Å²) in [6, 6.07) is 3.23. The predicted octanol–water partition coefficient (Wildman–Crippen LogP) is 7.68. The first kappa shape index (κ1) is 20.1. The number of hydrogen-bond acceptors (Lipinski definition) is 1. The second-order valence-corrected chi connectivity index (χ2v) is 8.12. The van der Waals surface area contributed by atoms with Crippen molar-refractivity contribution in [2.24, 2.45) is 11.8 Å². The maximum Gasteiger partial charge on any atom is 0.201 e. The molecule has 1 saturated carbocycles. The minimum absolute atomic E-state index is 0.0507. The van der Waals surface area contributed by atoms with Crippen molar-refractivity contribution in [2.45, 2.75) is 77.6 Å². The monoisotopic (exact) mass is 374 g/mol. The molecule has 3 rings (SSSR count). The van der Waals surface area contributed by atoms with Crippen molar-refractivity contribution in [1.82, 2.24) is 0 Å². The van der Waals surface area contributed by atoms with Gasteiger partial charge in [0.1, 0.15) is 0 Å². The first-order chi connectivity index (χ1) is 13.1. The molecule has 148 valence electrons. The molecule has 0 aliphatic heterocycles. The number of ether oxygens (including phenoxy) is 1. The van der Waals surface area contributed by atoms with Crippen LogP contribution in [-0.2, 0) is 0 Å². The number of benzene rings is 1. The third-order valence-electron chi connectivity index (χ3n) is 6.36. The van der Waals surface area contributed by atoms with Gasteiger partial charge >= 0.3 is 0 Å². The van der Waals surface area contributed by atoms with Crippen molar-refractivity contribution in [3.63, 3.8) is 0 Å².